The van der Waals surface area contributed by atoms with Gasteiger partial charge in [0.25, 0.3) is 0 Å². The van der Waals surface area contributed by atoms with Gasteiger partial charge in [0.1, 0.15) is 24.2 Å². The maximum Gasteiger partial charge on any atom is 0.451 e. The highest BCUT2D eigenvalue weighted by molar-refractivity contribution is 7.89. The quantitative estimate of drug-likeness (QED) is 0.445. The zero-order valence-electron chi connectivity index (χ0n) is 19.4. The van der Waals surface area contributed by atoms with E-state index in [1.165, 1.54) is 6.07 Å². The predicted molar refractivity (Wildman–Crippen MR) is 118 cm³/mol. The van der Waals surface area contributed by atoms with Crippen molar-refractivity contribution in [3.63, 3.8) is 0 Å². The Morgan fingerprint density at radius 2 is 1.62 bits per heavy atom. The highest BCUT2D eigenvalue weighted by Gasteiger charge is 2.56. The molecule has 2 aromatic heterocycles. The van der Waals surface area contributed by atoms with Crippen molar-refractivity contribution in [3.05, 3.63) is 66.4 Å². The van der Waals surface area contributed by atoms with Gasteiger partial charge in [0, 0.05) is 18.0 Å². The average molecular weight is 578 g/mol. The number of hydrogen-bond acceptors (Lipinski definition) is 7. The Morgan fingerprint density at radius 1 is 0.974 bits per heavy atom. The molecular weight excluding hydrogens is 561 g/mol. The number of sulfonamides is 1. The van der Waals surface area contributed by atoms with Crippen molar-refractivity contribution in [2.24, 2.45) is 0 Å². The van der Waals surface area contributed by atoms with Crippen LogP contribution in [0.5, 0.6) is 0 Å². The van der Waals surface area contributed by atoms with Crippen LogP contribution in [0.25, 0.3) is 11.3 Å². The number of benzene rings is 1. The second-order valence-electron chi connectivity index (χ2n) is 8.34. The van der Waals surface area contributed by atoms with Gasteiger partial charge in [-0.25, -0.2) is 32.7 Å². The van der Waals surface area contributed by atoms with Gasteiger partial charge in [0.05, 0.1) is 22.8 Å². The van der Waals surface area contributed by atoms with Gasteiger partial charge in [-0.15, -0.1) is 0 Å². The van der Waals surface area contributed by atoms with Crippen LogP contribution in [-0.2, 0) is 27.5 Å². The molecule has 1 N–H and O–H groups in total. The van der Waals surface area contributed by atoms with Crippen LogP contribution in [0.4, 0.5) is 30.7 Å². The Kier molecular flexibility index (Phi) is 7.57. The van der Waals surface area contributed by atoms with Crippen LogP contribution in [0.1, 0.15) is 24.4 Å². The Hall–Kier alpha value is -3.73. The van der Waals surface area contributed by atoms with Gasteiger partial charge in [-0.3, -0.25) is 4.79 Å². The Morgan fingerprint density at radius 3 is 2.21 bits per heavy atom. The first kappa shape index (κ1) is 28.3. The van der Waals surface area contributed by atoms with Gasteiger partial charge in [-0.2, -0.15) is 30.6 Å². The van der Waals surface area contributed by atoms with Crippen molar-refractivity contribution in [1.29, 1.82) is 0 Å². The zero-order chi connectivity index (χ0) is 28.6. The third-order valence-electron chi connectivity index (χ3n) is 5.77. The van der Waals surface area contributed by atoms with E-state index in [4.69, 9.17) is 0 Å². The molecule has 0 bridgehead atoms. The van der Waals surface area contributed by atoms with E-state index >= 15 is 0 Å². The minimum Gasteiger partial charge on any atom is -0.349 e. The van der Waals surface area contributed by atoms with E-state index in [-0.39, 0.29) is 27.8 Å². The lowest BCUT2D eigenvalue weighted by Gasteiger charge is -2.30. The summed E-state index contributed by atoms with van der Waals surface area (Å²) in [5.74, 6) is -3.20. The molecule has 1 aliphatic rings. The number of carbonyl (C=O) groups is 1. The number of aromatic nitrogens is 4. The number of nitrogens with zero attached hydrogens (tertiary/aromatic N) is 5. The summed E-state index contributed by atoms with van der Waals surface area (Å²) in [4.78, 5) is 26.6. The molecule has 9 nitrogen and oxygen atoms in total. The largest absolute Gasteiger partial charge is 0.451 e. The monoisotopic (exact) mass is 578 g/mol. The molecule has 4 rings (SSSR count). The second-order valence-corrected chi connectivity index (χ2v) is 10.2. The molecule has 0 radical (unpaired) electrons. The van der Waals surface area contributed by atoms with Crippen LogP contribution in [0.15, 0.2) is 53.9 Å². The number of rotatable bonds is 6. The molecule has 208 valence electrons. The summed E-state index contributed by atoms with van der Waals surface area (Å²) >= 11 is 0. The van der Waals surface area contributed by atoms with Crippen molar-refractivity contribution < 1.29 is 43.9 Å². The molecule has 17 heteroatoms. The molecule has 1 aliphatic heterocycles. The third kappa shape index (κ3) is 6.13. The molecule has 3 heterocycles. The summed E-state index contributed by atoms with van der Waals surface area (Å²) < 4.78 is 119. The summed E-state index contributed by atoms with van der Waals surface area (Å²) in [6.07, 6.45) is -8.03. The molecule has 0 spiro atoms. The van der Waals surface area contributed by atoms with Crippen molar-refractivity contribution in [3.8, 4) is 11.3 Å². The summed E-state index contributed by atoms with van der Waals surface area (Å²) in [7, 11) is -4.86. The van der Waals surface area contributed by atoms with E-state index in [1.807, 2.05) is 0 Å². The van der Waals surface area contributed by atoms with E-state index in [9.17, 15) is 43.9 Å². The molecule has 1 saturated heterocycles. The molecule has 3 aromatic rings. The van der Waals surface area contributed by atoms with Crippen molar-refractivity contribution in [2.75, 3.05) is 0 Å². The summed E-state index contributed by atoms with van der Waals surface area (Å²) in [6, 6.07) is 0.235. The molecule has 39 heavy (non-hydrogen) atoms. The fraction of sp³-hybridized carbons (Fsp3) is 0.318. The van der Waals surface area contributed by atoms with Gasteiger partial charge < -0.3 is 5.32 Å². The molecule has 1 fully saturated rings. The Balaban J connectivity index is 1.53. The van der Waals surface area contributed by atoms with Gasteiger partial charge in [0.2, 0.25) is 21.8 Å². The van der Waals surface area contributed by atoms with Crippen LogP contribution in [-0.4, -0.2) is 56.8 Å². The van der Waals surface area contributed by atoms with Gasteiger partial charge in [-0.1, -0.05) is 0 Å². The maximum atomic E-state index is 13.7. The van der Waals surface area contributed by atoms with Gasteiger partial charge in [0.15, 0.2) is 0 Å². The Bertz CT molecular complexity index is 1450. The van der Waals surface area contributed by atoms with E-state index in [0.29, 0.717) is 0 Å². The first-order valence-corrected chi connectivity index (χ1v) is 12.5. The molecule has 1 aromatic carbocycles. The highest BCUT2D eigenvalue weighted by Crippen LogP contribution is 2.40. The minimum atomic E-state index is -4.98. The van der Waals surface area contributed by atoms with Crippen LogP contribution >= 0.6 is 0 Å². The van der Waals surface area contributed by atoms with Crippen molar-refractivity contribution in [1.82, 2.24) is 29.6 Å². The number of halogens is 7. The lowest BCUT2D eigenvalue weighted by atomic mass is 10.2. The fourth-order valence-electron chi connectivity index (χ4n) is 3.96. The molecule has 2 atom stereocenters. The van der Waals surface area contributed by atoms with Crippen molar-refractivity contribution >= 4 is 15.9 Å². The van der Waals surface area contributed by atoms with Crippen LogP contribution in [0.3, 0.4) is 0 Å². The van der Waals surface area contributed by atoms with E-state index in [0.717, 1.165) is 43.0 Å². The van der Waals surface area contributed by atoms with Gasteiger partial charge >= 0.3 is 12.4 Å². The first-order chi connectivity index (χ1) is 18.2. The lowest BCUT2D eigenvalue weighted by molar-refractivity contribution is -0.167. The molecule has 0 aliphatic carbocycles. The summed E-state index contributed by atoms with van der Waals surface area (Å²) in [5, 5.41) is 2.34. The number of amides is 1. The van der Waals surface area contributed by atoms with Crippen LogP contribution < -0.4 is 5.32 Å². The molecular formula is C22H17F7N6O3S. The Labute approximate surface area is 216 Å². The fourth-order valence-corrected chi connectivity index (χ4v) is 5.78. The van der Waals surface area contributed by atoms with E-state index in [2.05, 4.69) is 25.3 Å². The summed E-state index contributed by atoms with van der Waals surface area (Å²) in [5.41, 5.74) is 0.311. The van der Waals surface area contributed by atoms with E-state index in [1.54, 1.807) is 0 Å². The first-order valence-electron chi connectivity index (χ1n) is 11.0. The zero-order valence-corrected chi connectivity index (χ0v) is 20.2. The standard InChI is InChI=1S/C22H17F7N6O3S/c23-13-1-3-15(4-2-13)39(37,38)35-17(5-6-18(35)21(24,25)26)19(36)30-10-14-7-16(34-11-33-14)12-8-31-20(32-9-12)22(27,28)29/h1-4,7-9,11,17-18H,5-6,10H2,(H,30,36)/t17-,18?/m1/s1. The summed E-state index contributed by atoms with van der Waals surface area (Å²) in [6.45, 7) is -0.368. The van der Waals surface area contributed by atoms with Crippen LogP contribution in [0, 0.1) is 5.82 Å². The number of hydrogen-bond donors (Lipinski definition) is 1. The SMILES string of the molecule is O=C(NCc1cc(-c2cnc(C(F)(F)F)nc2)ncn1)[C@H]1CCC(C(F)(F)F)N1S(=O)(=O)c1ccc(F)cc1. The van der Waals surface area contributed by atoms with Crippen molar-refractivity contribution in [2.45, 2.75) is 48.7 Å². The topological polar surface area (TPSA) is 118 Å². The average Bonchev–Trinajstić information content (AvgIpc) is 3.35. The highest BCUT2D eigenvalue weighted by atomic mass is 32.2. The van der Waals surface area contributed by atoms with E-state index < -0.39 is 69.7 Å². The minimum absolute atomic E-state index is 0.0839. The molecule has 0 saturated carbocycles. The number of carbonyl (C=O) groups excluding carboxylic acids is 1. The number of nitrogens with one attached hydrogen (secondary N) is 1. The maximum absolute atomic E-state index is 13.7. The molecule has 1 amide bonds. The number of alkyl halides is 6. The smallest absolute Gasteiger partial charge is 0.349 e. The predicted octanol–water partition coefficient (Wildman–Crippen LogP) is 3.49. The van der Waals surface area contributed by atoms with Crippen LogP contribution in [0.2, 0.25) is 0 Å². The third-order valence-corrected chi connectivity index (χ3v) is 7.70. The lowest BCUT2D eigenvalue weighted by Crippen LogP contribution is -2.52. The normalized spacial score (nSPS) is 18.7. The van der Waals surface area contributed by atoms with Gasteiger partial charge in [-0.05, 0) is 43.2 Å². The second kappa shape index (κ2) is 10.4. The molecule has 1 unspecified atom stereocenters.